The zero-order valence-electron chi connectivity index (χ0n) is 8.74. The molecular weight excluding hydrogens is 203 g/mol. The Hall–Kier alpha value is -2.03. The summed E-state index contributed by atoms with van der Waals surface area (Å²) in [4.78, 5) is 8.83. The van der Waals surface area contributed by atoms with E-state index >= 15 is 0 Å². The first kappa shape index (κ1) is 9.21. The maximum absolute atomic E-state index is 13.0. The van der Waals surface area contributed by atoms with Gasteiger partial charge in [0.2, 0.25) is 0 Å². The van der Waals surface area contributed by atoms with E-state index in [1.807, 2.05) is 25.1 Å². The van der Waals surface area contributed by atoms with Crippen LogP contribution in [0.5, 0.6) is 0 Å². The Labute approximate surface area is 91.8 Å². The molecule has 0 amide bonds. The van der Waals surface area contributed by atoms with Crippen LogP contribution < -0.4 is 0 Å². The molecule has 0 radical (unpaired) electrons. The zero-order valence-corrected chi connectivity index (χ0v) is 8.74. The lowest BCUT2D eigenvalue weighted by Gasteiger charge is -2.01. The van der Waals surface area contributed by atoms with Gasteiger partial charge in [-0.1, -0.05) is 6.07 Å². The molecule has 0 aliphatic heterocycles. The average molecular weight is 212 g/mol. The molecule has 0 unspecified atom stereocenters. The van der Waals surface area contributed by atoms with E-state index in [9.17, 15) is 4.39 Å². The van der Waals surface area contributed by atoms with Gasteiger partial charge in [0.1, 0.15) is 5.82 Å². The van der Waals surface area contributed by atoms with Crippen molar-refractivity contribution in [2.75, 3.05) is 0 Å². The molecule has 1 aromatic heterocycles. The highest BCUT2D eigenvalue weighted by Crippen LogP contribution is 2.17. The van der Waals surface area contributed by atoms with E-state index in [4.69, 9.17) is 0 Å². The monoisotopic (exact) mass is 212 g/mol. The highest BCUT2D eigenvalue weighted by molar-refractivity contribution is 5.86. The average Bonchev–Trinajstić information content (AvgIpc) is 2.26. The van der Waals surface area contributed by atoms with Crippen molar-refractivity contribution in [2.24, 2.45) is 0 Å². The second-order valence-corrected chi connectivity index (χ2v) is 3.85. The van der Waals surface area contributed by atoms with Gasteiger partial charge in [-0.2, -0.15) is 0 Å². The number of nitrogens with zero attached hydrogens (tertiary/aromatic N) is 2. The number of benzene rings is 2. The molecule has 0 saturated carbocycles. The summed E-state index contributed by atoms with van der Waals surface area (Å²) in [6.45, 7) is 2.01. The number of rotatable bonds is 0. The van der Waals surface area contributed by atoms with E-state index in [-0.39, 0.29) is 5.82 Å². The van der Waals surface area contributed by atoms with Crippen LogP contribution >= 0.6 is 0 Å². The van der Waals surface area contributed by atoms with E-state index in [1.54, 1.807) is 6.07 Å². The Kier molecular flexibility index (Phi) is 1.86. The van der Waals surface area contributed by atoms with E-state index in [2.05, 4.69) is 9.97 Å². The maximum atomic E-state index is 13.0. The third-order valence-corrected chi connectivity index (χ3v) is 2.55. The summed E-state index contributed by atoms with van der Waals surface area (Å²) in [5, 5.41) is 0. The minimum absolute atomic E-state index is 0.284. The largest absolute Gasteiger partial charge is 0.244 e. The smallest absolute Gasteiger partial charge is 0.125 e. The molecule has 0 fully saturated rings. The molecule has 0 spiro atoms. The van der Waals surface area contributed by atoms with Gasteiger partial charge in [0.05, 0.1) is 22.1 Å². The number of halogens is 1. The fourth-order valence-electron chi connectivity index (χ4n) is 1.76. The Morgan fingerprint density at radius 3 is 2.19 bits per heavy atom. The molecule has 0 bridgehead atoms. The first-order chi connectivity index (χ1) is 7.72. The first-order valence-corrected chi connectivity index (χ1v) is 5.06. The fourth-order valence-corrected chi connectivity index (χ4v) is 1.76. The molecule has 78 valence electrons. The standard InChI is InChI=1S/C13H9FN2/c1-8-2-4-10-12(6-8)15-11-5-3-9(14)7-13(11)16-10/h2-7H,1H3. The van der Waals surface area contributed by atoms with Crippen LogP contribution in [0.1, 0.15) is 5.56 Å². The van der Waals surface area contributed by atoms with Crippen LogP contribution in [0.15, 0.2) is 36.4 Å². The Bertz CT molecular complexity index is 630. The van der Waals surface area contributed by atoms with Crippen LogP contribution in [0.3, 0.4) is 0 Å². The lowest BCUT2D eigenvalue weighted by Crippen LogP contribution is -1.88. The van der Waals surface area contributed by atoms with Gasteiger partial charge >= 0.3 is 0 Å². The van der Waals surface area contributed by atoms with Gasteiger partial charge in [-0.3, -0.25) is 0 Å². The van der Waals surface area contributed by atoms with Crippen LogP contribution in [-0.2, 0) is 0 Å². The van der Waals surface area contributed by atoms with Crippen molar-refractivity contribution >= 4 is 22.1 Å². The van der Waals surface area contributed by atoms with Gasteiger partial charge in [-0.25, -0.2) is 14.4 Å². The quantitative estimate of drug-likeness (QED) is 0.534. The first-order valence-electron chi connectivity index (χ1n) is 5.06. The van der Waals surface area contributed by atoms with Crippen LogP contribution in [0, 0.1) is 12.7 Å². The van der Waals surface area contributed by atoms with Crippen molar-refractivity contribution in [3.63, 3.8) is 0 Å². The molecule has 3 heteroatoms. The molecule has 2 aromatic carbocycles. The fraction of sp³-hybridized carbons (Fsp3) is 0.0769. The second kappa shape index (κ2) is 3.23. The van der Waals surface area contributed by atoms with E-state index < -0.39 is 0 Å². The van der Waals surface area contributed by atoms with Crippen LogP contribution in [0.25, 0.3) is 22.1 Å². The molecule has 16 heavy (non-hydrogen) atoms. The summed E-state index contributed by atoms with van der Waals surface area (Å²) in [6, 6.07) is 10.3. The predicted octanol–water partition coefficient (Wildman–Crippen LogP) is 3.23. The SMILES string of the molecule is Cc1ccc2nc3cc(F)ccc3nc2c1. The summed E-state index contributed by atoms with van der Waals surface area (Å²) in [5.41, 5.74) is 4.10. The topological polar surface area (TPSA) is 25.8 Å². The Morgan fingerprint density at radius 1 is 0.812 bits per heavy atom. The lowest BCUT2D eigenvalue weighted by molar-refractivity contribution is 0.629. The van der Waals surface area contributed by atoms with Gasteiger partial charge in [0, 0.05) is 6.07 Å². The second-order valence-electron chi connectivity index (χ2n) is 3.85. The summed E-state index contributed by atoms with van der Waals surface area (Å²) < 4.78 is 13.0. The number of aromatic nitrogens is 2. The van der Waals surface area contributed by atoms with E-state index in [0.717, 1.165) is 22.1 Å². The normalized spacial score (nSPS) is 11.1. The Morgan fingerprint density at radius 2 is 1.44 bits per heavy atom. The minimum atomic E-state index is -0.284. The molecule has 0 aliphatic carbocycles. The summed E-state index contributed by atoms with van der Waals surface area (Å²) in [6.07, 6.45) is 0. The van der Waals surface area contributed by atoms with Gasteiger partial charge in [-0.05, 0) is 36.8 Å². The molecule has 3 aromatic rings. The lowest BCUT2D eigenvalue weighted by atomic mass is 10.2. The zero-order chi connectivity index (χ0) is 11.1. The number of aryl methyl sites for hydroxylation is 1. The highest BCUT2D eigenvalue weighted by atomic mass is 19.1. The third-order valence-electron chi connectivity index (χ3n) is 2.55. The van der Waals surface area contributed by atoms with Gasteiger partial charge in [0.25, 0.3) is 0 Å². The molecule has 2 nitrogen and oxygen atoms in total. The number of hydrogen-bond acceptors (Lipinski definition) is 2. The molecule has 3 rings (SSSR count). The van der Waals surface area contributed by atoms with Crippen molar-refractivity contribution in [1.29, 1.82) is 0 Å². The van der Waals surface area contributed by atoms with Crippen molar-refractivity contribution in [1.82, 2.24) is 9.97 Å². The van der Waals surface area contributed by atoms with E-state index in [0.29, 0.717) is 5.52 Å². The summed E-state index contributed by atoms with van der Waals surface area (Å²) >= 11 is 0. The van der Waals surface area contributed by atoms with Crippen LogP contribution in [-0.4, -0.2) is 9.97 Å². The third kappa shape index (κ3) is 1.41. The number of hydrogen-bond donors (Lipinski definition) is 0. The molecule has 0 aliphatic rings. The van der Waals surface area contributed by atoms with Crippen molar-refractivity contribution in [2.45, 2.75) is 6.92 Å². The van der Waals surface area contributed by atoms with Gasteiger partial charge in [0.15, 0.2) is 0 Å². The van der Waals surface area contributed by atoms with Crippen molar-refractivity contribution in [3.8, 4) is 0 Å². The molecule has 1 heterocycles. The van der Waals surface area contributed by atoms with Crippen LogP contribution in [0.2, 0.25) is 0 Å². The number of fused-ring (bicyclic) bond motifs is 2. The minimum Gasteiger partial charge on any atom is -0.244 e. The van der Waals surface area contributed by atoms with Crippen molar-refractivity contribution < 1.29 is 4.39 Å². The van der Waals surface area contributed by atoms with Crippen molar-refractivity contribution in [3.05, 3.63) is 47.8 Å². The van der Waals surface area contributed by atoms with E-state index in [1.165, 1.54) is 12.1 Å². The van der Waals surface area contributed by atoms with Gasteiger partial charge < -0.3 is 0 Å². The molecule has 0 atom stereocenters. The summed E-state index contributed by atoms with van der Waals surface area (Å²) in [5.74, 6) is -0.284. The van der Waals surface area contributed by atoms with Crippen LogP contribution in [0.4, 0.5) is 4.39 Å². The Balaban J connectivity index is 2.44. The van der Waals surface area contributed by atoms with Gasteiger partial charge in [-0.15, -0.1) is 0 Å². The molecular formula is C13H9FN2. The predicted molar refractivity (Wildman–Crippen MR) is 61.7 cm³/mol. The highest BCUT2D eigenvalue weighted by Gasteiger charge is 2.02. The molecule has 0 N–H and O–H groups in total. The maximum Gasteiger partial charge on any atom is 0.125 e. The molecule has 0 saturated heterocycles. The summed E-state index contributed by atoms with van der Waals surface area (Å²) in [7, 11) is 0.